The van der Waals surface area contributed by atoms with Crippen LogP contribution in [0.25, 0.3) is 17.1 Å². The molecule has 0 spiro atoms. The third-order valence-electron chi connectivity index (χ3n) is 3.24. The number of aromatic nitrogens is 2. The summed E-state index contributed by atoms with van der Waals surface area (Å²) >= 11 is 0. The summed E-state index contributed by atoms with van der Waals surface area (Å²) in [6.07, 6.45) is 4.32. The summed E-state index contributed by atoms with van der Waals surface area (Å²) < 4.78 is 2.23. The fraction of sp³-hybridized carbons (Fsp3) is 0.118. The first-order valence-corrected chi connectivity index (χ1v) is 6.48. The number of hydrogen-bond acceptors (Lipinski definition) is 1. The van der Waals surface area contributed by atoms with Crippen molar-refractivity contribution < 1.29 is 0 Å². The second-order valence-corrected chi connectivity index (χ2v) is 4.57. The summed E-state index contributed by atoms with van der Waals surface area (Å²) in [5, 5.41) is 0. The van der Waals surface area contributed by atoms with Crippen molar-refractivity contribution in [3.63, 3.8) is 0 Å². The van der Waals surface area contributed by atoms with Gasteiger partial charge in [0.15, 0.2) is 0 Å². The van der Waals surface area contributed by atoms with Gasteiger partial charge < -0.3 is 4.57 Å². The molecule has 2 nitrogen and oxygen atoms in total. The molecule has 2 aromatic carbocycles. The van der Waals surface area contributed by atoms with E-state index < -0.39 is 0 Å². The van der Waals surface area contributed by atoms with Crippen LogP contribution in [0.4, 0.5) is 0 Å². The molecule has 0 saturated carbocycles. The Balaban J connectivity index is 1.86. The zero-order chi connectivity index (χ0) is 13.1. The van der Waals surface area contributed by atoms with Gasteiger partial charge in [-0.2, -0.15) is 0 Å². The number of imidazole rings is 1. The van der Waals surface area contributed by atoms with Crippen LogP contribution in [-0.4, -0.2) is 9.55 Å². The summed E-state index contributed by atoms with van der Waals surface area (Å²) in [5.41, 5.74) is 3.48. The normalized spacial score (nSPS) is 11.4. The van der Waals surface area contributed by atoms with E-state index in [0.29, 0.717) is 0 Å². The van der Waals surface area contributed by atoms with E-state index in [-0.39, 0.29) is 0 Å². The van der Waals surface area contributed by atoms with Gasteiger partial charge in [-0.3, -0.25) is 0 Å². The third-order valence-corrected chi connectivity index (χ3v) is 3.24. The monoisotopic (exact) mass is 248 g/mol. The third kappa shape index (κ3) is 2.43. The molecule has 0 saturated heterocycles. The van der Waals surface area contributed by atoms with Crippen molar-refractivity contribution in [3.8, 4) is 0 Å². The lowest BCUT2D eigenvalue weighted by Crippen LogP contribution is -1.97. The van der Waals surface area contributed by atoms with Crippen LogP contribution in [0.3, 0.4) is 0 Å². The first-order valence-electron chi connectivity index (χ1n) is 6.48. The molecule has 0 atom stereocenters. The summed E-state index contributed by atoms with van der Waals surface area (Å²) in [6, 6.07) is 18.6. The Morgan fingerprint density at radius 2 is 1.74 bits per heavy atom. The zero-order valence-corrected chi connectivity index (χ0v) is 11.0. The number of fused-ring (bicyclic) bond motifs is 1. The number of aryl methyl sites for hydroxylation is 1. The molecule has 3 rings (SSSR count). The van der Waals surface area contributed by atoms with Crippen LogP contribution in [0.5, 0.6) is 0 Å². The smallest absolute Gasteiger partial charge is 0.107 e. The van der Waals surface area contributed by atoms with Gasteiger partial charge in [-0.1, -0.05) is 54.6 Å². The molecule has 0 bridgehead atoms. The van der Waals surface area contributed by atoms with Gasteiger partial charge >= 0.3 is 0 Å². The molecule has 0 radical (unpaired) electrons. The van der Waals surface area contributed by atoms with Crippen molar-refractivity contribution >= 4 is 17.1 Å². The van der Waals surface area contributed by atoms with Crippen molar-refractivity contribution in [1.29, 1.82) is 0 Å². The minimum atomic E-state index is 0.848. The molecule has 3 aromatic rings. The number of rotatable bonds is 3. The van der Waals surface area contributed by atoms with Gasteiger partial charge in [-0.05, 0) is 24.6 Å². The molecule has 0 aliphatic rings. The van der Waals surface area contributed by atoms with Crippen LogP contribution in [0.2, 0.25) is 0 Å². The highest BCUT2D eigenvalue weighted by atomic mass is 15.1. The number of hydrogen-bond donors (Lipinski definition) is 0. The SMILES string of the molecule is Cc1nc2ccccc2n1CC=Cc1ccccc1. The van der Waals surface area contributed by atoms with Crippen molar-refractivity contribution in [2.75, 3.05) is 0 Å². The molecule has 0 unspecified atom stereocenters. The van der Waals surface area contributed by atoms with E-state index in [2.05, 4.69) is 71.1 Å². The summed E-state index contributed by atoms with van der Waals surface area (Å²) in [6.45, 7) is 2.90. The average Bonchev–Trinajstić information content (AvgIpc) is 2.76. The number of allylic oxidation sites excluding steroid dienone is 1. The summed E-state index contributed by atoms with van der Waals surface area (Å²) in [5.74, 6) is 1.05. The maximum Gasteiger partial charge on any atom is 0.107 e. The molecule has 0 N–H and O–H groups in total. The zero-order valence-electron chi connectivity index (χ0n) is 11.0. The predicted molar refractivity (Wildman–Crippen MR) is 79.9 cm³/mol. The second-order valence-electron chi connectivity index (χ2n) is 4.57. The second kappa shape index (κ2) is 5.11. The Morgan fingerprint density at radius 1 is 1.00 bits per heavy atom. The molecule has 1 heterocycles. The standard InChI is InChI=1S/C17H16N2/c1-14-18-16-11-5-6-12-17(16)19(14)13-7-10-15-8-3-2-4-9-15/h2-12H,13H2,1H3. The topological polar surface area (TPSA) is 17.8 Å². The Kier molecular flexibility index (Phi) is 3.15. The van der Waals surface area contributed by atoms with Crippen molar-refractivity contribution in [2.45, 2.75) is 13.5 Å². The molecule has 1 aromatic heterocycles. The fourth-order valence-electron chi connectivity index (χ4n) is 2.28. The molecule has 94 valence electrons. The molecular weight excluding hydrogens is 232 g/mol. The highest BCUT2D eigenvalue weighted by Crippen LogP contribution is 2.15. The van der Waals surface area contributed by atoms with E-state index in [1.807, 2.05) is 12.1 Å². The summed E-state index contributed by atoms with van der Waals surface area (Å²) in [4.78, 5) is 4.57. The van der Waals surface area contributed by atoms with Crippen LogP contribution in [0.1, 0.15) is 11.4 Å². The van der Waals surface area contributed by atoms with Gasteiger partial charge in [0.05, 0.1) is 11.0 Å². The van der Waals surface area contributed by atoms with E-state index in [0.717, 1.165) is 17.9 Å². The molecule has 2 heteroatoms. The minimum absolute atomic E-state index is 0.848. The van der Waals surface area contributed by atoms with Gasteiger partial charge in [0.25, 0.3) is 0 Å². The van der Waals surface area contributed by atoms with Crippen molar-refractivity contribution in [3.05, 3.63) is 72.1 Å². The van der Waals surface area contributed by atoms with Gasteiger partial charge in [0, 0.05) is 6.54 Å². The molecule has 0 aliphatic heterocycles. The Morgan fingerprint density at radius 3 is 2.58 bits per heavy atom. The number of benzene rings is 2. The maximum atomic E-state index is 4.57. The molecular formula is C17H16N2. The number of nitrogens with zero attached hydrogens (tertiary/aromatic N) is 2. The first-order chi connectivity index (χ1) is 9.34. The fourth-order valence-corrected chi connectivity index (χ4v) is 2.28. The van der Waals surface area contributed by atoms with Crippen LogP contribution in [0.15, 0.2) is 60.7 Å². The highest BCUT2D eigenvalue weighted by Gasteiger charge is 2.04. The maximum absolute atomic E-state index is 4.57. The molecule has 0 fully saturated rings. The lowest BCUT2D eigenvalue weighted by atomic mass is 10.2. The van der Waals surface area contributed by atoms with Gasteiger partial charge in [-0.25, -0.2) is 4.98 Å². The van der Waals surface area contributed by atoms with Crippen LogP contribution in [0, 0.1) is 6.92 Å². The Bertz CT molecular complexity index is 708. The lowest BCUT2D eigenvalue weighted by molar-refractivity contribution is 0.808. The molecule has 0 aliphatic carbocycles. The Hall–Kier alpha value is -2.35. The van der Waals surface area contributed by atoms with E-state index in [9.17, 15) is 0 Å². The van der Waals surface area contributed by atoms with E-state index >= 15 is 0 Å². The predicted octanol–water partition coefficient (Wildman–Crippen LogP) is 4.06. The molecule has 19 heavy (non-hydrogen) atoms. The quantitative estimate of drug-likeness (QED) is 0.683. The number of para-hydroxylation sites is 2. The van der Waals surface area contributed by atoms with Crippen LogP contribution < -0.4 is 0 Å². The van der Waals surface area contributed by atoms with Crippen LogP contribution >= 0.6 is 0 Å². The van der Waals surface area contributed by atoms with E-state index in [4.69, 9.17) is 0 Å². The van der Waals surface area contributed by atoms with Crippen molar-refractivity contribution in [2.24, 2.45) is 0 Å². The summed E-state index contributed by atoms with van der Waals surface area (Å²) in [7, 11) is 0. The van der Waals surface area contributed by atoms with Gasteiger partial charge in [0.2, 0.25) is 0 Å². The Labute approximate surface area is 113 Å². The first kappa shape index (κ1) is 11.7. The van der Waals surface area contributed by atoms with E-state index in [1.54, 1.807) is 0 Å². The van der Waals surface area contributed by atoms with Gasteiger partial charge in [0.1, 0.15) is 5.82 Å². The molecule has 0 amide bonds. The average molecular weight is 248 g/mol. The van der Waals surface area contributed by atoms with Crippen molar-refractivity contribution in [1.82, 2.24) is 9.55 Å². The van der Waals surface area contributed by atoms with E-state index in [1.165, 1.54) is 11.1 Å². The highest BCUT2D eigenvalue weighted by molar-refractivity contribution is 5.75. The lowest BCUT2D eigenvalue weighted by Gasteiger charge is -2.02. The van der Waals surface area contributed by atoms with Crippen LogP contribution in [-0.2, 0) is 6.54 Å². The minimum Gasteiger partial charge on any atom is -0.324 e. The largest absolute Gasteiger partial charge is 0.324 e. The van der Waals surface area contributed by atoms with Gasteiger partial charge in [-0.15, -0.1) is 0 Å².